The van der Waals surface area contributed by atoms with Gasteiger partial charge in [0.25, 0.3) is 0 Å². The van der Waals surface area contributed by atoms with E-state index in [9.17, 15) is 27.2 Å². The fourth-order valence-electron chi connectivity index (χ4n) is 1.70. The van der Waals surface area contributed by atoms with E-state index < -0.39 is 36.8 Å². The highest BCUT2D eigenvalue weighted by Gasteiger charge is 2.28. The summed E-state index contributed by atoms with van der Waals surface area (Å²) >= 11 is 0. The number of carbonyl (C=O) groups is 2. The molecule has 0 saturated carbocycles. The number of halogens is 4. The molecule has 25 heavy (non-hydrogen) atoms. The van der Waals surface area contributed by atoms with Crippen LogP contribution in [-0.2, 0) is 20.9 Å². The van der Waals surface area contributed by atoms with Crippen molar-refractivity contribution in [3.8, 4) is 11.5 Å². The van der Waals surface area contributed by atoms with Gasteiger partial charge in [0, 0.05) is 5.56 Å². The first-order chi connectivity index (χ1) is 11.7. The van der Waals surface area contributed by atoms with Gasteiger partial charge in [0.15, 0.2) is 0 Å². The number of ether oxygens (including phenoxy) is 1. The molecule has 1 aromatic carbocycles. The Hall–Kier alpha value is -2.91. The highest BCUT2D eigenvalue weighted by molar-refractivity contribution is 5.94. The highest BCUT2D eigenvalue weighted by atomic mass is 19.4. The number of carbonyl (C=O) groups excluding carboxylic acids is 2. The molecule has 0 saturated heterocycles. The van der Waals surface area contributed by atoms with Crippen molar-refractivity contribution in [1.29, 1.82) is 0 Å². The SMILES string of the molecule is O=C(CC(=O)OCc1coc(-c2ccc(F)cc2)n1)NCC(F)(F)F. The van der Waals surface area contributed by atoms with E-state index in [2.05, 4.69) is 4.98 Å². The van der Waals surface area contributed by atoms with Gasteiger partial charge < -0.3 is 14.5 Å². The van der Waals surface area contributed by atoms with E-state index in [-0.39, 0.29) is 18.2 Å². The first-order valence-corrected chi connectivity index (χ1v) is 6.92. The molecule has 1 heterocycles. The summed E-state index contributed by atoms with van der Waals surface area (Å²) in [7, 11) is 0. The van der Waals surface area contributed by atoms with Gasteiger partial charge in [0.2, 0.25) is 11.8 Å². The number of nitrogens with one attached hydrogen (secondary N) is 1. The first-order valence-electron chi connectivity index (χ1n) is 6.92. The zero-order chi connectivity index (χ0) is 18.4. The van der Waals surface area contributed by atoms with Gasteiger partial charge in [-0.2, -0.15) is 13.2 Å². The maximum Gasteiger partial charge on any atom is 0.405 e. The molecule has 1 amide bonds. The van der Waals surface area contributed by atoms with Crippen LogP contribution in [0.15, 0.2) is 34.9 Å². The maximum absolute atomic E-state index is 12.8. The average Bonchev–Trinajstić information content (AvgIpc) is 3.00. The Morgan fingerprint density at radius 3 is 2.52 bits per heavy atom. The maximum atomic E-state index is 12.8. The minimum atomic E-state index is -4.56. The van der Waals surface area contributed by atoms with Gasteiger partial charge in [-0.1, -0.05) is 0 Å². The number of esters is 1. The molecule has 0 bridgehead atoms. The Labute approximate surface area is 138 Å². The predicted molar refractivity (Wildman–Crippen MR) is 75.4 cm³/mol. The lowest BCUT2D eigenvalue weighted by molar-refractivity contribution is -0.150. The number of alkyl halides is 3. The normalized spacial score (nSPS) is 11.2. The molecule has 134 valence electrons. The minimum absolute atomic E-state index is 0.175. The van der Waals surface area contributed by atoms with Crippen molar-refractivity contribution >= 4 is 11.9 Å². The second kappa shape index (κ2) is 7.77. The van der Waals surface area contributed by atoms with Crippen LogP contribution in [-0.4, -0.2) is 29.6 Å². The molecule has 0 unspecified atom stereocenters. The lowest BCUT2D eigenvalue weighted by Gasteiger charge is -2.07. The van der Waals surface area contributed by atoms with E-state index in [1.807, 2.05) is 0 Å². The number of nitrogens with zero attached hydrogens (tertiary/aromatic N) is 1. The van der Waals surface area contributed by atoms with Crippen molar-refractivity contribution in [3.05, 3.63) is 42.0 Å². The molecule has 0 fully saturated rings. The summed E-state index contributed by atoms with van der Waals surface area (Å²) in [5.41, 5.74) is 0.730. The fraction of sp³-hybridized carbons (Fsp3) is 0.267. The smallest absolute Gasteiger partial charge is 0.405 e. The number of rotatable bonds is 6. The van der Waals surface area contributed by atoms with Crippen LogP contribution < -0.4 is 5.32 Å². The summed E-state index contributed by atoms with van der Waals surface area (Å²) in [6, 6.07) is 5.33. The van der Waals surface area contributed by atoms with Crippen molar-refractivity contribution in [2.24, 2.45) is 0 Å². The van der Waals surface area contributed by atoms with Crippen molar-refractivity contribution in [2.75, 3.05) is 6.54 Å². The summed E-state index contributed by atoms with van der Waals surface area (Å²) < 4.78 is 58.5. The molecule has 0 aliphatic heterocycles. The topological polar surface area (TPSA) is 81.4 Å². The van der Waals surface area contributed by atoms with Gasteiger partial charge in [-0.05, 0) is 24.3 Å². The van der Waals surface area contributed by atoms with Gasteiger partial charge in [0.1, 0.15) is 37.3 Å². The third-order valence-electron chi connectivity index (χ3n) is 2.81. The molecular weight excluding hydrogens is 348 g/mol. The quantitative estimate of drug-likeness (QED) is 0.487. The molecule has 1 aromatic heterocycles. The Kier molecular flexibility index (Phi) is 5.73. The van der Waals surface area contributed by atoms with Crippen LogP contribution in [0.4, 0.5) is 17.6 Å². The Balaban J connectivity index is 1.80. The van der Waals surface area contributed by atoms with E-state index in [1.165, 1.54) is 30.5 Å². The van der Waals surface area contributed by atoms with Crippen molar-refractivity contribution in [1.82, 2.24) is 10.3 Å². The lowest BCUT2D eigenvalue weighted by Crippen LogP contribution is -2.35. The van der Waals surface area contributed by atoms with Crippen LogP contribution in [0.2, 0.25) is 0 Å². The average molecular weight is 360 g/mol. The van der Waals surface area contributed by atoms with Gasteiger partial charge in [0.05, 0.1) is 0 Å². The van der Waals surface area contributed by atoms with E-state index in [4.69, 9.17) is 9.15 Å². The van der Waals surface area contributed by atoms with Gasteiger partial charge >= 0.3 is 12.1 Å². The van der Waals surface area contributed by atoms with E-state index in [0.717, 1.165) is 0 Å². The van der Waals surface area contributed by atoms with Gasteiger partial charge in [-0.15, -0.1) is 0 Å². The standard InChI is InChI=1S/C15H12F4N2O4/c16-10-3-1-9(2-4-10)14-21-11(7-25-14)6-24-13(23)5-12(22)20-8-15(17,18)19/h1-4,7H,5-6,8H2,(H,20,22). The molecule has 0 radical (unpaired) electrons. The molecular formula is C15H12F4N2O4. The molecule has 6 nitrogen and oxygen atoms in total. The summed E-state index contributed by atoms with van der Waals surface area (Å²) in [5, 5.41) is 1.55. The second-order valence-electron chi connectivity index (χ2n) is 4.88. The number of benzene rings is 1. The Morgan fingerprint density at radius 2 is 1.88 bits per heavy atom. The van der Waals surface area contributed by atoms with Crippen LogP contribution in [0, 0.1) is 5.82 Å². The Bertz CT molecular complexity index is 741. The van der Waals surface area contributed by atoms with Crippen LogP contribution in [0.1, 0.15) is 12.1 Å². The molecule has 2 aromatic rings. The predicted octanol–water partition coefficient (Wildman–Crippen LogP) is 2.59. The van der Waals surface area contributed by atoms with E-state index in [1.54, 1.807) is 5.32 Å². The largest absolute Gasteiger partial charge is 0.459 e. The summed E-state index contributed by atoms with van der Waals surface area (Å²) in [5.74, 6) is -2.36. The van der Waals surface area contributed by atoms with Crippen molar-refractivity contribution in [2.45, 2.75) is 19.2 Å². The van der Waals surface area contributed by atoms with Gasteiger partial charge in [-0.3, -0.25) is 9.59 Å². The summed E-state index contributed by atoms with van der Waals surface area (Å²) in [4.78, 5) is 26.6. The lowest BCUT2D eigenvalue weighted by atomic mass is 10.2. The first kappa shape index (κ1) is 18.4. The third kappa shape index (κ3) is 6.24. The fourth-order valence-corrected chi connectivity index (χ4v) is 1.70. The monoisotopic (exact) mass is 360 g/mol. The van der Waals surface area contributed by atoms with Crippen LogP contribution in [0.5, 0.6) is 0 Å². The number of hydrogen-bond acceptors (Lipinski definition) is 5. The third-order valence-corrected chi connectivity index (χ3v) is 2.81. The number of amides is 1. The van der Waals surface area contributed by atoms with Crippen LogP contribution in [0.3, 0.4) is 0 Å². The van der Waals surface area contributed by atoms with E-state index in [0.29, 0.717) is 5.56 Å². The van der Waals surface area contributed by atoms with Crippen LogP contribution in [0.25, 0.3) is 11.5 Å². The molecule has 0 aliphatic carbocycles. The second-order valence-corrected chi connectivity index (χ2v) is 4.88. The molecule has 0 spiro atoms. The highest BCUT2D eigenvalue weighted by Crippen LogP contribution is 2.19. The zero-order valence-electron chi connectivity index (χ0n) is 12.6. The van der Waals surface area contributed by atoms with Gasteiger partial charge in [-0.25, -0.2) is 9.37 Å². The number of hydrogen-bond donors (Lipinski definition) is 1. The Morgan fingerprint density at radius 1 is 1.20 bits per heavy atom. The van der Waals surface area contributed by atoms with E-state index >= 15 is 0 Å². The minimum Gasteiger partial charge on any atom is -0.459 e. The molecule has 0 aliphatic rings. The summed E-state index contributed by atoms with van der Waals surface area (Å²) in [6.45, 7) is -1.85. The molecule has 1 N–H and O–H groups in total. The number of oxazole rings is 1. The molecule has 2 rings (SSSR count). The molecule has 0 atom stereocenters. The van der Waals surface area contributed by atoms with Crippen LogP contribution >= 0.6 is 0 Å². The van der Waals surface area contributed by atoms with Crippen molar-refractivity contribution in [3.63, 3.8) is 0 Å². The number of aromatic nitrogens is 1. The summed E-state index contributed by atoms with van der Waals surface area (Å²) in [6.07, 6.45) is -4.20. The van der Waals surface area contributed by atoms with Crippen molar-refractivity contribution < 1.29 is 36.3 Å². The molecule has 10 heteroatoms. The zero-order valence-corrected chi connectivity index (χ0v) is 12.6.